The fourth-order valence-corrected chi connectivity index (χ4v) is 0.925. The molecule has 5 heteroatoms. The lowest BCUT2D eigenvalue weighted by Gasteiger charge is -1.89. The van der Waals surface area contributed by atoms with E-state index in [9.17, 15) is 4.79 Å². The molecule has 1 aromatic rings. The molecule has 60 valence electrons. The van der Waals surface area contributed by atoms with Gasteiger partial charge in [0.25, 0.3) is 0 Å². The Hall–Kier alpha value is -1.03. The molecule has 0 saturated heterocycles. The Morgan fingerprint density at radius 1 is 1.82 bits per heavy atom. The number of halogens is 1. The number of aryl methyl sites for hydroxylation is 2. The number of carbonyl (C=O) groups is 1. The minimum absolute atomic E-state index is 0.391. The summed E-state index contributed by atoms with van der Waals surface area (Å²) in [6, 6.07) is 0. The van der Waals surface area contributed by atoms with Crippen LogP contribution in [0.4, 0.5) is 0 Å². The summed E-state index contributed by atoms with van der Waals surface area (Å²) in [6.45, 7) is 1.71. The van der Waals surface area contributed by atoms with E-state index >= 15 is 0 Å². The fourth-order valence-electron chi connectivity index (χ4n) is 0.842. The van der Waals surface area contributed by atoms with Crippen molar-refractivity contribution in [3.05, 3.63) is 17.5 Å². The third-order valence-corrected chi connectivity index (χ3v) is 1.44. The highest BCUT2D eigenvalue weighted by Gasteiger charge is 2.12. The molecule has 0 aliphatic carbocycles. The summed E-state index contributed by atoms with van der Waals surface area (Å²) >= 11 is 4.88. The third kappa shape index (κ3) is 1.51. The average Bonchev–Trinajstić information content (AvgIpc) is 2.28. The van der Waals surface area contributed by atoms with E-state index in [4.69, 9.17) is 11.9 Å². The van der Waals surface area contributed by atoms with E-state index in [2.05, 4.69) is 9.39 Å². The first-order valence-electron chi connectivity index (χ1n) is 2.98. The van der Waals surface area contributed by atoms with Crippen LogP contribution in [-0.4, -0.2) is 15.7 Å². The SMILES string of the molecule is Cc1nn(C)cc1C(=O)OCl. The molecule has 11 heavy (non-hydrogen) atoms. The van der Waals surface area contributed by atoms with Crippen LogP contribution in [0, 0.1) is 6.92 Å². The van der Waals surface area contributed by atoms with E-state index in [0.717, 1.165) is 0 Å². The molecule has 0 radical (unpaired) electrons. The molecule has 4 nitrogen and oxygen atoms in total. The Balaban J connectivity index is 3.03. The number of rotatable bonds is 1. The van der Waals surface area contributed by atoms with Gasteiger partial charge in [0.1, 0.15) is 17.4 Å². The molecule has 1 rings (SSSR count). The van der Waals surface area contributed by atoms with Crippen molar-refractivity contribution in [1.29, 1.82) is 0 Å². The van der Waals surface area contributed by atoms with Gasteiger partial charge in [-0.3, -0.25) is 4.68 Å². The standard InChI is InChI=1S/C6H7ClN2O2/c1-4-5(6(10)11-7)3-9(2)8-4/h3H,1-2H3. The van der Waals surface area contributed by atoms with Crippen molar-refractivity contribution in [2.75, 3.05) is 0 Å². The first kappa shape index (κ1) is 8.07. The van der Waals surface area contributed by atoms with Crippen molar-refractivity contribution in [1.82, 2.24) is 9.78 Å². The molecule has 0 atom stereocenters. The molecule has 0 spiro atoms. The first-order chi connectivity index (χ1) is 5.15. The monoisotopic (exact) mass is 174 g/mol. The van der Waals surface area contributed by atoms with Crippen molar-refractivity contribution in [3.8, 4) is 0 Å². The van der Waals surface area contributed by atoms with Gasteiger partial charge in [-0.1, -0.05) is 0 Å². The van der Waals surface area contributed by atoms with Crippen molar-refractivity contribution in [3.63, 3.8) is 0 Å². The normalized spacial score (nSPS) is 9.73. The predicted molar refractivity (Wildman–Crippen MR) is 39.2 cm³/mol. The van der Waals surface area contributed by atoms with E-state index in [1.165, 1.54) is 4.68 Å². The summed E-state index contributed by atoms with van der Waals surface area (Å²) in [4.78, 5) is 10.8. The van der Waals surface area contributed by atoms with Crippen LogP contribution in [0.15, 0.2) is 6.20 Å². The van der Waals surface area contributed by atoms with Crippen molar-refractivity contribution >= 4 is 17.8 Å². The quantitative estimate of drug-likeness (QED) is 0.639. The van der Waals surface area contributed by atoms with Crippen LogP contribution in [0.25, 0.3) is 0 Å². The lowest BCUT2D eigenvalue weighted by molar-refractivity contribution is 0.0750. The Morgan fingerprint density at radius 3 is 2.82 bits per heavy atom. The van der Waals surface area contributed by atoms with Crippen LogP contribution in [0.1, 0.15) is 16.1 Å². The largest absolute Gasteiger partial charge is 0.359 e. The molecule has 0 N–H and O–H groups in total. The fraction of sp³-hybridized carbons (Fsp3) is 0.333. The van der Waals surface area contributed by atoms with E-state index in [0.29, 0.717) is 11.3 Å². The molecule has 1 heterocycles. The number of aromatic nitrogens is 2. The summed E-state index contributed by atoms with van der Waals surface area (Å²) in [5.74, 6) is -0.572. The Morgan fingerprint density at radius 2 is 2.45 bits per heavy atom. The van der Waals surface area contributed by atoms with Crippen LogP contribution in [0.2, 0.25) is 0 Å². The van der Waals surface area contributed by atoms with Gasteiger partial charge >= 0.3 is 5.97 Å². The number of hydrogen-bond acceptors (Lipinski definition) is 3. The Kier molecular flexibility index (Phi) is 2.14. The van der Waals surface area contributed by atoms with Gasteiger partial charge < -0.3 is 4.29 Å². The Bertz CT molecular complexity index is 282. The molecular formula is C6H7ClN2O2. The molecule has 0 aliphatic heterocycles. The van der Waals surface area contributed by atoms with Crippen LogP contribution < -0.4 is 0 Å². The van der Waals surface area contributed by atoms with E-state index in [1.807, 2.05) is 0 Å². The lowest BCUT2D eigenvalue weighted by Crippen LogP contribution is -1.97. The molecule has 1 aromatic heterocycles. The molecule has 0 aliphatic rings. The van der Waals surface area contributed by atoms with E-state index in [-0.39, 0.29) is 0 Å². The van der Waals surface area contributed by atoms with Crippen molar-refractivity contribution in [2.24, 2.45) is 7.05 Å². The van der Waals surface area contributed by atoms with Gasteiger partial charge in [0.2, 0.25) is 0 Å². The number of nitrogens with zero attached hydrogens (tertiary/aromatic N) is 2. The minimum atomic E-state index is -0.572. The molecule has 0 fully saturated rings. The molecular weight excluding hydrogens is 168 g/mol. The number of hydrogen-bond donors (Lipinski definition) is 0. The average molecular weight is 175 g/mol. The zero-order chi connectivity index (χ0) is 8.43. The smallest absolute Gasteiger partial charge is 0.343 e. The van der Waals surface area contributed by atoms with Gasteiger partial charge in [0.05, 0.1) is 5.69 Å². The van der Waals surface area contributed by atoms with Gasteiger partial charge in [-0.15, -0.1) is 0 Å². The maximum atomic E-state index is 10.8. The molecule has 0 amide bonds. The van der Waals surface area contributed by atoms with Crippen molar-refractivity contribution < 1.29 is 9.08 Å². The second kappa shape index (κ2) is 2.92. The van der Waals surface area contributed by atoms with Crippen LogP contribution in [0.5, 0.6) is 0 Å². The van der Waals surface area contributed by atoms with Gasteiger partial charge in [-0.25, -0.2) is 4.79 Å². The highest BCUT2D eigenvalue weighted by Crippen LogP contribution is 2.06. The minimum Gasteiger partial charge on any atom is -0.343 e. The molecule has 0 unspecified atom stereocenters. The Labute approximate surface area is 68.9 Å². The topological polar surface area (TPSA) is 44.1 Å². The molecule has 0 bridgehead atoms. The summed E-state index contributed by atoms with van der Waals surface area (Å²) in [6.07, 6.45) is 1.56. The lowest BCUT2D eigenvalue weighted by atomic mass is 10.3. The van der Waals surface area contributed by atoms with Crippen LogP contribution >= 0.6 is 11.9 Å². The van der Waals surface area contributed by atoms with Gasteiger partial charge in [-0.05, 0) is 6.92 Å². The van der Waals surface area contributed by atoms with Gasteiger partial charge in [0, 0.05) is 13.2 Å². The van der Waals surface area contributed by atoms with Gasteiger partial charge in [-0.2, -0.15) is 5.10 Å². The molecule has 0 aromatic carbocycles. The maximum absolute atomic E-state index is 10.8. The molecule has 0 saturated carbocycles. The van der Waals surface area contributed by atoms with E-state index in [1.54, 1.807) is 20.2 Å². The second-order valence-electron chi connectivity index (χ2n) is 2.17. The highest BCUT2D eigenvalue weighted by atomic mass is 35.5. The van der Waals surface area contributed by atoms with Crippen LogP contribution in [0.3, 0.4) is 0 Å². The summed E-state index contributed by atoms with van der Waals surface area (Å²) in [7, 11) is 1.72. The van der Waals surface area contributed by atoms with Crippen LogP contribution in [-0.2, 0) is 11.3 Å². The summed E-state index contributed by atoms with van der Waals surface area (Å²) in [5, 5.41) is 3.94. The second-order valence-corrected chi connectivity index (χ2v) is 2.32. The van der Waals surface area contributed by atoms with E-state index < -0.39 is 5.97 Å². The zero-order valence-electron chi connectivity index (χ0n) is 6.17. The van der Waals surface area contributed by atoms with Crippen molar-refractivity contribution in [2.45, 2.75) is 6.92 Å². The summed E-state index contributed by atoms with van der Waals surface area (Å²) in [5.41, 5.74) is 1.00. The number of carbonyl (C=O) groups excluding carboxylic acids is 1. The zero-order valence-corrected chi connectivity index (χ0v) is 6.92. The maximum Gasteiger partial charge on any atom is 0.359 e. The summed E-state index contributed by atoms with van der Waals surface area (Å²) < 4.78 is 5.54. The third-order valence-electron chi connectivity index (χ3n) is 1.30. The van der Waals surface area contributed by atoms with Gasteiger partial charge in [0.15, 0.2) is 0 Å². The first-order valence-corrected chi connectivity index (χ1v) is 3.29. The predicted octanol–water partition coefficient (Wildman–Crippen LogP) is 1.04. The highest BCUT2D eigenvalue weighted by molar-refractivity contribution is 6.15.